The monoisotopic (exact) mass is 520 g/mol. The number of fused-ring (bicyclic) bond motifs is 7. The highest BCUT2D eigenvalue weighted by molar-refractivity contribution is 6.09. The van der Waals surface area contributed by atoms with E-state index in [1.165, 1.54) is 83.5 Å². The number of hydrogen-bond donors (Lipinski definition) is 0. The van der Waals surface area contributed by atoms with Gasteiger partial charge in [-0.05, 0) is 96.3 Å². The minimum absolute atomic E-state index is 0.260. The molecule has 0 saturated carbocycles. The highest BCUT2D eigenvalue weighted by Gasteiger charge is 2.39. The van der Waals surface area contributed by atoms with Crippen molar-refractivity contribution < 1.29 is 0 Å². The third kappa shape index (κ3) is 3.34. The van der Waals surface area contributed by atoms with Crippen molar-refractivity contribution in [1.29, 1.82) is 0 Å². The lowest BCUT2D eigenvalue weighted by Gasteiger charge is -2.22. The Bertz CT molecular complexity index is 2040. The van der Waals surface area contributed by atoms with Crippen molar-refractivity contribution in [3.05, 3.63) is 178 Å². The quantitative estimate of drug-likeness (QED) is 0.217. The van der Waals surface area contributed by atoms with E-state index >= 15 is 0 Å². The van der Waals surface area contributed by atoms with E-state index in [9.17, 15) is 0 Å². The van der Waals surface area contributed by atoms with Gasteiger partial charge in [0, 0.05) is 5.92 Å². The van der Waals surface area contributed by atoms with Gasteiger partial charge in [-0.3, -0.25) is 0 Å². The van der Waals surface area contributed by atoms with E-state index in [4.69, 9.17) is 0 Å². The van der Waals surface area contributed by atoms with Crippen molar-refractivity contribution >= 4 is 11.1 Å². The van der Waals surface area contributed by atoms with Gasteiger partial charge in [0.25, 0.3) is 0 Å². The summed E-state index contributed by atoms with van der Waals surface area (Å²) >= 11 is 0. The van der Waals surface area contributed by atoms with Gasteiger partial charge in [0.05, 0.1) is 0 Å². The molecule has 0 fully saturated rings. The summed E-state index contributed by atoms with van der Waals surface area (Å²) in [6, 6.07) is 52.0. The first-order chi connectivity index (χ1) is 20.3. The maximum Gasteiger partial charge on any atom is 0.0355 e. The highest BCUT2D eigenvalue weighted by atomic mass is 14.4. The van der Waals surface area contributed by atoms with Crippen LogP contribution in [0.3, 0.4) is 0 Å². The van der Waals surface area contributed by atoms with Crippen molar-refractivity contribution in [3.8, 4) is 33.4 Å². The Morgan fingerprint density at radius 1 is 0.415 bits per heavy atom. The molecule has 0 N–H and O–H groups in total. The molecule has 192 valence electrons. The second-order valence-corrected chi connectivity index (χ2v) is 11.6. The number of rotatable bonds is 3. The number of hydrogen-bond acceptors (Lipinski definition) is 0. The Kier molecular flexibility index (Phi) is 4.89. The average molecular weight is 521 g/mol. The zero-order valence-electron chi connectivity index (χ0n) is 22.8. The molecular weight excluding hydrogens is 492 g/mol. The maximum atomic E-state index is 2.43. The molecule has 6 aromatic rings. The Labute approximate surface area is 241 Å². The molecule has 0 heterocycles. The fraction of sp³-hybridized carbons (Fsp3) is 0.0732. The van der Waals surface area contributed by atoms with E-state index in [1.807, 2.05) is 0 Å². The second-order valence-electron chi connectivity index (χ2n) is 11.6. The topological polar surface area (TPSA) is 0 Å². The van der Waals surface area contributed by atoms with Gasteiger partial charge in [-0.15, -0.1) is 0 Å². The summed E-state index contributed by atoms with van der Waals surface area (Å²) in [4.78, 5) is 0. The van der Waals surface area contributed by atoms with E-state index in [2.05, 4.69) is 140 Å². The van der Waals surface area contributed by atoms with Crippen molar-refractivity contribution in [2.24, 2.45) is 0 Å². The van der Waals surface area contributed by atoms with E-state index in [1.54, 1.807) is 0 Å². The van der Waals surface area contributed by atoms with Crippen LogP contribution in [0.4, 0.5) is 0 Å². The molecule has 0 radical (unpaired) electrons. The summed E-state index contributed by atoms with van der Waals surface area (Å²) in [5, 5.41) is 0. The van der Waals surface area contributed by atoms with Gasteiger partial charge in [0.2, 0.25) is 0 Å². The highest BCUT2D eigenvalue weighted by Crippen LogP contribution is 2.57. The molecule has 0 amide bonds. The van der Waals surface area contributed by atoms with E-state index in [0.717, 1.165) is 12.8 Å². The van der Waals surface area contributed by atoms with Gasteiger partial charge in [-0.2, -0.15) is 0 Å². The lowest BCUT2D eigenvalue weighted by atomic mass is 9.81. The van der Waals surface area contributed by atoms with Gasteiger partial charge in [-0.1, -0.05) is 140 Å². The molecular formula is C41H28. The Morgan fingerprint density at radius 2 is 1.07 bits per heavy atom. The molecule has 6 aromatic carbocycles. The Balaban J connectivity index is 1.22. The summed E-state index contributed by atoms with van der Waals surface area (Å²) in [6.07, 6.45) is 2.01. The van der Waals surface area contributed by atoms with Crippen molar-refractivity contribution in [2.75, 3.05) is 0 Å². The molecule has 0 nitrogen and oxygen atoms in total. The van der Waals surface area contributed by atoms with Gasteiger partial charge in [0.15, 0.2) is 0 Å². The minimum Gasteiger partial charge on any atom is -0.0622 e. The molecule has 3 aliphatic carbocycles. The lowest BCUT2D eigenvalue weighted by molar-refractivity contribution is 1.06. The standard InChI is InChI=1S/C41H28/c1-2-11-26(12-3-1)39-36-19-9-8-18-35(36)38-25-29-14-10-20-37(40(29)41(38)39)34-17-7-6-16-32(34)28-21-22-33-30(24-28)23-27-13-4-5-15-31(27)33/h1-22,24,39H,23,25H2. The van der Waals surface area contributed by atoms with Crippen LogP contribution >= 0.6 is 0 Å². The molecule has 0 bridgehead atoms. The van der Waals surface area contributed by atoms with Crippen molar-refractivity contribution in [3.63, 3.8) is 0 Å². The molecule has 0 spiro atoms. The van der Waals surface area contributed by atoms with Crippen molar-refractivity contribution in [1.82, 2.24) is 0 Å². The molecule has 41 heavy (non-hydrogen) atoms. The van der Waals surface area contributed by atoms with Crippen LogP contribution in [-0.2, 0) is 12.8 Å². The third-order valence-corrected chi connectivity index (χ3v) is 9.45. The summed E-state index contributed by atoms with van der Waals surface area (Å²) in [6.45, 7) is 0. The first kappa shape index (κ1) is 22.8. The molecule has 9 rings (SSSR count). The zero-order chi connectivity index (χ0) is 26.9. The molecule has 0 saturated heterocycles. The molecule has 1 unspecified atom stereocenters. The first-order valence-corrected chi connectivity index (χ1v) is 14.7. The lowest BCUT2D eigenvalue weighted by Crippen LogP contribution is -2.03. The summed E-state index contributed by atoms with van der Waals surface area (Å²) in [7, 11) is 0. The summed E-state index contributed by atoms with van der Waals surface area (Å²) < 4.78 is 0. The third-order valence-electron chi connectivity index (χ3n) is 9.45. The predicted molar refractivity (Wildman–Crippen MR) is 171 cm³/mol. The van der Waals surface area contributed by atoms with E-state index in [0.29, 0.717) is 0 Å². The molecule has 3 aliphatic rings. The van der Waals surface area contributed by atoms with Crippen LogP contribution in [0, 0.1) is 0 Å². The normalized spacial score (nSPS) is 15.8. The van der Waals surface area contributed by atoms with Crippen LogP contribution < -0.4 is 0 Å². The van der Waals surface area contributed by atoms with Crippen LogP contribution in [0.25, 0.3) is 44.5 Å². The van der Waals surface area contributed by atoms with Crippen LogP contribution in [0.5, 0.6) is 0 Å². The maximum absolute atomic E-state index is 2.43. The van der Waals surface area contributed by atoms with Gasteiger partial charge in [0.1, 0.15) is 0 Å². The van der Waals surface area contributed by atoms with Gasteiger partial charge < -0.3 is 0 Å². The van der Waals surface area contributed by atoms with E-state index in [-0.39, 0.29) is 5.92 Å². The Morgan fingerprint density at radius 3 is 1.95 bits per heavy atom. The predicted octanol–water partition coefficient (Wildman–Crippen LogP) is 10.2. The smallest absolute Gasteiger partial charge is 0.0355 e. The number of benzene rings is 6. The molecule has 0 aromatic heterocycles. The first-order valence-electron chi connectivity index (χ1n) is 14.7. The van der Waals surface area contributed by atoms with Crippen molar-refractivity contribution in [2.45, 2.75) is 18.8 Å². The van der Waals surface area contributed by atoms with Crippen LogP contribution in [0.1, 0.15) is 44.9 Å². The second kappa shape index (κ2) is 8.78. The minimum atomic E-state index is 0.260. The average Bonchev–Trinajstić information content (AvgIpc) is 3.70. The number of allylic oxidation sites excluding steroid dienone is 2. The fourth-order valence-electron chi connectivity index (χ4n) is 7.74. The molecule has 1 atom stereocenters. The fourth-order valence-corrected chi connectivity index (χ4v) is 7.74. The van der Waals surface area contributed by atoms with Crippen LogP contribution in [0.2, 0.25) is 0 Å². The summed E-state index contributed by atoms with van der Waals surface area (Å²) in [5.74, 6) is 0.260. The Hall–Kier alpha value is -4.94. The zero-order valence-corrected chi connectivity index (χ0v) is 22.8. The van der Waals surface area contributed by atoms with Gasteiger partial charge in [-0.25, -0.2) is 0 Å². The van der Waals surface area contributed by atoms with E-state index < -0.39 is 0 Å². The molecule has 0 aliphatic heterocycles. The largest absolute Gasteiger partial charge is 0.0622 e. The molecule has 0 heteroatoms. The van der Waals surface area contributed by atoms with Crippen LogP contribution in [-0.4, -0.2) is 0 Å². The SMILES string of the molecule is c1ccc(C2C3=C(Cc4cccc(-c5ccccc5-c5ccc6c(c5)Cc5ccccc5-6)c43)c3ccccc32)cc1. The summed E-state index contributed by atoms with van der Waals surface area (Å²) in [5.41, 5.74) is 21.0. The van der Waals surface area contributed by atoms with Gasteiger partial charge >= 0.3 is 0 Å². The van der Waals surface area contributed by atoms with Crippen LogP contribution in [0.15, 0.2) is 140 Å².